The maximum atomic E-state index is 12.5. The first-order chi connectivity index (χ1) is 12.8. The normalized spacial score (nSPS) is 25.1. The van der Waals surface area contributed by atoms with Gasteiger partial charge in [0.15, 0.2) is 0 Å². The molecule has 0 radical (unpaired) electrons. The highest BCUT2D eigenvalue weighted by Gasteiger charge is 2.41. The van der Waals surface area contributed by atoms with E-state index in [1.807, 2.05) is 0 Å². The zero-order chi connectivity index (χ0) is 19.4. The minimum Gasteiger partial charge on any atom is -0.370 e. The van der Waals surface area contributed by atoms with Crippen LogP contribution in [0.5, 0.6) is 0 Å². The molecule has 2 N–H and O–H groups in total. The first-order valence-electron chi connectivity index (χ1n) is 9.43. The SMILES string of the molecule is O=C(NCCCNc1ccc(C(F)(F)F)cn1)C1CC2CCCC(C1)C2=O. The van der Waals surface area contributed by atoms with Crippen molar-refractivity contribution in [1.29, 1.82) is 0 Å². The summed E-state index contributed by atoms with van der Waals surface area (Å²) in [4.78, 5) is 28.2. The van der Waals surface area contributed by atoms with Gasteiger partial charge in [0.2, 0.25) is 5.91 Å². The van der Waals surface area contributed by atoms with Gasteiger partial charge in [0.1, 0.15) is 11.6 Å². The summed E-state index contributed by atoms with van der Waals surface area (Å²) in [5.74, 6) is 0.752. The number of amides is 1. The number of carbonyl (C=O) groups excluding carboxylic acids is 2. The third-order valence-corrected chi connectivity index (χ3v) is 5.47. The maximum Gasteiger partial charge on any atom is 0.417 e. The number of hydrogen-bond acceptors (Lipinski definition) is 4. The van der Waals surface area contributed by atoms with Gasteiger partial charge in [-0.25, -0.2) is 4.98 Å². The number of alkyl halides is 3. The van der Waals surface area contributed by atoms with Gasteiger partial charge in [-0.1, -0.05) is 6.42 Å². The lowest BCUT2D eigenvalue weighted by molar-refractivity contribution is -0.138. The lowest BCUT2D eigenvalue weighted by Crippen LogP contribution is -2.42. The Bertz CT molecular complexity index is 660. The lowest BCUT2D eigenvalue weighted by Gasteiger charge is -2.36. The zero-order valence-corrected chi connectivity index (χ0v) is 15.0. The highest BCUT2D eigenvalue weighted by atomic mass is 19.4. The molecular formula is C19H24F3N3O2. The van der Waals surface area contributed by atoms with Crippen molar-refractivity contribution < 1.29 is 22.8 Å². The fraction of sp³-hybridized carbons (Fsp3) is 0.632. The Hall–Kier alpha value is -2.12. The van der Waals surface area contributed by atoms with Crippen molar-refractivity contribution >= 4 is 17.5 Å². The van der Waals surface area contributed by atoms with Gasteiger partial charge in [-0.2, -0.15) is 13.2 Å². The largest absolute Gasteiger partial charge is 0.417 e. The van der Waals surface area contributed by atoms with E-state index in [-0.39, 0.29) is 23.7 Å². The van der Waals surface area contributed by atoms with Crippen molar-refractivity contribution in [3.63, 3.8) is 0 Å². The smallest absolute Gasteiger partial charge is 0.370 e. The Morgan fingerprint density at radius 2 is 1.85 bits per heavy atom. The fourth-order valence-corrected chi connectivity index (χ4v) is 4.02. The summed E-state index contributed by atoms with van der Waals surface area (Å²) in [5.41, 5.74) is -0.781. The van der Waals surface area contributed by atoms with Gasteiger partial charge < -0.3 is 10.6 Å². The minimum atomic E-state index is -4.39. The van der Waals surface area contributed by atoms with Crippen molar-refractivity contribution in [3.8, 4) is 0 Å². The summed E-state index contributed by atoms with van der Waals surface area (Å²) in [6, 6.07) is 2.28. The number of hydrogen-bond donors (Lipinski definition) is 2. The van der Waals surface area contributed by atoms with Crippen LogP contribution < -0.4 is 10.6 Å². The summed E-state index contributed by atoms with van der Waals surface area (Å²) in [5, 5.41) is 5.85. The number of anilines is 1. The molecule has 2 aliphatic carbocycles. The third kappa shape index (κ3) is 4.99. The number of Topliss-reactive ketones (excluding diaryl/α,β-unsaturated/α-hetero) is 1. The standard InChI is InChI=1S/C19H24F3N3O2/c20-19(21,22)15-5-6-16(25-11-15)23-7-2-8-24-18(27)14-9-12-3-1-4-13(10-14)17(12)26/h5-6,11-14H,1-4,7-10H2,(H,23,25)(H,24,27). The van der Waals surface area contributed by atoms with E-state index in [4.69, 9.17) is 0 Å². The second-order valence-electron chi connectivity index (χ2n) is 7.40. The summed E-state index contributed by atoms with van der Waals surface area (Å²) in [6.07, 6.45) is 1.26. The molecule has 0 spiro atoms. The van der Waals surface area contributed by atoms with E-state index >= 15 is 0 Å². The quantitative estimate of drug-likeness (QED) is 0.739. The van der Waals surface area contributed by atoms with Crippen LogP contribution in [-0.4, -0.2) is 29.8 Å². The molecule has 8 heteroatoms. The predicted octanol–water partition coefficient (Wildman–Crippen LogP) is 3.41. The Kier molecular flexibility index (Phi) is 6.01. The number of aromatic nitrogens is 1. The molecule has 27 heavy (non-hydrogen) atoms. The molecule has 3 rings (SSSR count). The molecule has 2 saturated carbocycles. The molecule has 0 aliphatic heterocycles. The number of ketones is 1. The van der Waals surface area contributed by atoms with Crippen molar-refractivity contribution in [2.75, 3.05) is 18.4 Å². The molecule has 1 amide bonds. The van der Waals surface area contributed by atoms with Crippen LogP contribution in [0.4, 0.5) is 19.0 Å². The van der Waals surface area contributed by atoms with E-state index < -0.39 is 11.7 Å². The fourth-order valence-electron chi connectivity index (χ4n) is 4.02. The zero-order valence-electron chi connectivity index (χ0n) is 15.0. The average molecular weight is 383 g/mol. The molecule has 2 bridgehead atoms. The summed E-state index contributed by atoms with van der Waals surface area (Å²) < 4.78 is 37.4. The highest BCUT2D eigenvalue weighted by molar-refractivity contribution is 5.88. The van der Waals surface area contributed by atoms with Crippen LogP contribution in [0.1, 0.15) is 44.1 Å². The number of fused-ring (bicyclic) bond motifs is 2. The van der Waals surface area contributed by atoms with E-state index in [1.54, 1.807) is 0 Å². The van der Waals surface area contributed by atoms with E-state index in [0.717, 1.165) is 31.5 Å². The van der Waals surface area contributed by atoms with Crippen LogP contribution in [0, 0.1) is 17.8 Å². The second-order valence-corrected chi connectivity index (χ2v) is 7.40. The van der Waals surface area contributed by atoms with E-state index in [1.165, 1.54) is 6.07 Å². The van der Waals surface area contributed by atoms with Gasteiger partial charge in [0, 0.05) is 37.0 Å². The number of nitrogens with zero attached hydrogens (tertiary/aromatic N) is 1. The maximum absolute atomic E-state index is 12.5. The van der Waals surface area contributed by atoms with Crippen LogP contribution >= 0.6 is 0 Å². The Labute approximate surface area is 156 Å². The van der Waals surface area contributed by atoms with Gasteiger partial charge in [0.05, 0.1) is 5.56 Å². The highest BCUT2D eigenvalue weighted by Crippen LogP contribution is 2.40. The van der Waals surface area contributed by atoms with Gasteiger partial charge in [0.25, 0.3) is 0 Å². The Morgan fingerprint density at radius 3 is 2.44 bits per heavy atom. The number of halogens is 3. The molecule has 1 aromatic heterocycles. The van der Waals surface area contributed by atoms with Crippen LogP contribution in [0.15, 0.2) is 18.3 Å². The summed E-state index contributed by atoms with van der Waals surface area (Å²) >= 11 is 0. The van der Waals surface area contributed by atoms with Crippen LogP contribution in [0.25, 0.3) is 0 Å². The van der Waals surface area contributed by atoms with E-state index in [2.05, 4.69) is 15.6 Å². The van der Waals surface area contributed by atoms with Crippen molar-refractivity contribution in [2.24, 2.45) is 17.8 Å². The number of carbonyl (C=O) groups is 2. The minimum absolute atomic E-state index is 0.00653. The van der Waals surface area contributed by atoms with Crippen molar-refractivity contribution in [1.82, 2.24) is 10.3 Å². The molecule has 0 saturated heterocycles. The molecule has 2 unspecified atom stereocenters. The molecule has 1 aromatic rings. The van der Waals surface area contributed by atoms with Crippen molar-refractivity contribution in [2.45, 2.75) is 44.7 Å². The monoisotopic (exact) mass is 383 g/mol. The summed E-state index contributed by atoms with van der Waals surface area (Å²) in [6.45, 7) is 0.972. The van der Waals surface area contributed by atoms with Crippen LogP contribution in [0.2, 0.25) is 0 Å². The molecule has 5 nitrogen and oxygen atoms in total. The first-order valence-corrected chi connectivity index (χ1v) is 9.43. The van der Waals surface area contributed by atoms with E-state index in [0.29, 0.717) is 44.0 Å². The molecule has 1 heterocycles. The van der Waals surface area contributed by atoms with Crippen molar-refractivity contribution in [3.05, 3.63) is 23.9 Å². The molecule has 0 aromatic carbocycles. The van der Waals surface area contributed by atoms with E-state index in [9.17, 15) is 22.8 Å². The number of rotatable bonds is 6. The second kappa shape index (κ2) is 8.27. The van der Waals surface area contributed by atoms with Gasteiger partial charge >= 0.3 is 6.18 Å². The molecule has 2 aliphatic rings. The summed E-state index contributed by atoms with van der Waals surface area (Å²) in [7, 11) is 0. The molecule has 148 valence electrons. The van der Waals surface area contributed by atoms with Gasteiger partial charge in [-0.15, -0.1) is 0 Å². The predicted molar refractivity (Wildman–Crippen MR) is 93.9 cm³/mol. The Morgan fingerprint density at radius 1 is 1.15 bits per heavy atom. The molecule has 2 atom stereocenters. The number of nitrogens with one attached hydrogen (secondary N) is 2. The topological polar surface area (TPSA) is 71.1 Å². The average Bonchev–Trinajstić information content (AvgIpc) is 2.60. The lowest BCUT2D eigenvalue weighted by atomic mass is 9.67. The van der Waals surface area contributed by atoms with Gasteiger partial charge in [-0.05, 0) is 44.2 Å². The van der Waals surface area contributed by atoms with Crippen LogP contribution in [-0.2, 0) is 15.8 Å². The van der Waals surface area contributed by atoms with Crippen LogP contribution in [0.3, 0.4) is 0 Å². The molecular weight excluding hydrogens is 359 g/mol. The first kappa shape index (κ1) is 19.6. The third-order valence-electron chi connectivity index (χ3n) is 5.47. The number of pyridine rings is 1. The Balaban J connectivity index is 1.35. The molecule has 2 fully saturated rings. The van der Waals surface area contributed by atoms with Gasteiger partial charge in [-0.3, -0.25) is 9.59 Å².